The Morgan fingerprint density at radius 1 is 1.12 bits per heavy atom. The molecular weight excluding hydrogens is 204 g/mol. The average Bonchev–Trinajstić information content (AvgIpc) is 2.62. The summed E-state index contributed by atoms with van der Waals surface area (Å²) >= 11 is 0. The van der Waals surface area contributed by atoms with Crippen LogP contribution in [0.4, 0.5) is 17.8 Å². The van der Waals surface area contributed by atoms with E-state index in [2.05, 4.69) is 27.1 Å². The fourth-order valence-corrected chi connectivity index (χ4v) is 1.67. The van der Waals surface area contributed by atoms with E-state index in [4.69, 9.17) is 11.5 Å². The van der Waals surface area contributed by atoms with Crippen molar-refractivity contribution < 1.29 is 0 Å². The standard InChI is InChI=1S/C10H14N6/c1-6-4-3-5-7(6)16(2)10-14-8(11)13-9(12)15-10/h4-5H,3H2,1-2H3,(H4,11,12,13,14,15). The first-order chi connectivity index (χ1) is 7.58. The minimum atomic E-state index is 0.134. The number of anilines is 3. The van der Waals surface area contributed by atoms with Gasteiger partial charge in [0.15, 0.2) is 0 Å². The monoisotopic (exact) mass is 218 g/mol. The highest BCUT2D eigenvalue weighted by atomic mass is 15.3. The molecule has 0 atom stereocenters. The third-order valence-electron chi connectivity index (χ3n) is 2.46. The van der Waals surface area contributed by atoms with Crippen LogP contribution in [0.5, 0.6) is 0 Å². The lowest BCUT2D eigenvalue weighted by atomic mass is 10.2. The summed E-state index contributed by atoms with van der Waals surface area (Å²) in [5.74, 6) is 0.732. The summed E-state index contributed by atoms with van der Waals surface area (Å²) < 4.78 is 0. The highest BCUT2D eigenvalue weighted by molar-refractivity contribution is 5.52. The molecule has 1 heterocycles. The van der Waals surface area contributed by atoms with Crippen molar-refractivity contribution in [2.45, 2.75) is 13.3 Å². The first kappa shape index (κ1) is 10.4. The average molecular weight is 218 g/mol. The molecule has 1 aliphatic carbocycles. The van der Waals surface area contributed by atoms with E-state index in [0.29, 0.717) is 5.95 Å². The fraction of sp³-hybridized carbons (Fsp3) is 0.300. The highest BCUT2D eigenvalue weighted by Gasteiger charge is 2.15. The minimum Gasteiger partial charge on any atom is -0.368 e. The SMILES string of the molecule is CC1=CCC=C1N(C)c1nc(N)nc(N)n1. The molecule has 1 aromatic heterocycles. The number of nitrogens with two attached hydrogens (primary N) is 2. The van der Waals surface area contributed by atoms with E-state index in [1.165, 1.54) is 5.57 Å². The van der Waals surface area contributed by atoms with Gasteiger partial charge in [0.1, 0.15) is 0 Å². The van der Waals surface area contributed by atoms with Crippen molar-refractivity contribution in [3.8, 4) is 0 Å². The number of likely N-dealkylation sites (N-methyl/N-ethyl adjacent to an activating group) is 1. The Morgan fingerprint density at radius 3 is 2.25 bits per heavy atom. The zero-order chi connectivity index (χ0) is 11.7. The second-order valence-corrected chi connectivity index (χ2v) is 3.62. The van der Waals surface area contributed by atoms with Crippen LogP contribution in [0.1, 0.15) is 13.3 Å². The van der Waals surface area contributed by atoms with Crippen molar-refractivity contribution in [2.24, 2.45) is 0 Å². The van der Waals surface area contributed by atoms with Gasteiger partial charge in [-0.1, -0.05) is 12.2 Å². The van der Waals surface area contributed by atoms with Crippen LogP contribution in [-0.2, 0) is 0 Å². The second kappa shape index (κ2) is 3.80. The number of allylic oxidation sites excluding steroid dienone is 3. The zero-order valence-corrected chi connectivity index (χ0v) is 9.31. The summed E-state index contributed by atoms with van der Waals surface area (Å²) in [5, 5.41) is 0. The molecular formula is C10H14N6. The topological polar surface area (TPSA) is 94.0 Å². The molecule has 1 aromatic rings. The van der Waals surface area contributed by atoms with Gasteiger partial charge in [-0.05, 0) is 18.9 Å². The van der Waals surface area contributed by atoms with Crippen LogP contribution < -0.4 is 16.4 Å². The summed E-state index contributed by atoms with van der Waals surface area (Å²) in [7, 11) is 1.88. The lowest BCUT2D eigenvalue weighted by Crippen LogP contribution is -2.20. The molecule has 0 radical (unpaired) electrons. The molecule has 0 fully saturated rings. The molecule has 4 N–H and O–H groups in total. The number of aromatic nitrogens is 3. The lowest BCUT2D eigenvalue weighted by Gasteiger charge is -2.19. The predicted octanol–water partition coefficient (Wildman–Crippen LogP) is 0.706. The quantitative estimate of drug-likeness (QED) is 0.759. The second-order valence-electron chi connectivity index (χ2n) is 3.62. The minimum absolute atomic E-state index is 0.134. The van der Waals surface area contributed by atoms with Crippen LogP contribution in [0.2, 0.25) is 0 Å². The Labute approximate surface area is 93.7 Å². The van der Waals surface area contributed by atoms with Crippen molar-refractivity contribution >= 4 is 17.8 Å². The van der Waals surface area contributed by atoms with Crippen molar-refractivity contribution in [3.05, 3.63) is 23.4 Å². The molecule has 16 heavy (non-hydrogen) atoms. The summed E-state index contributed by atoms with van der Waals surface area (Å²) in [6.45, 7) is 2.04. The number of hydrogen-bond acceptors (Lipinski definition) is 6. The van der Waals surface area contributed by atoms with E-state index < -0.39 is 0 Å². The van der Waals surface area contributed by atoms with Gasteiger partial charge in [-0.3, -0.25) is 0 Å². The van der Waals surface area contributed by atoms with E-state index in [9.17, 15) is 0 Å². The highest BCUT2D eigenvalue weighted by Crippen LogP contribution is 2.24. The van der Waals surface area contributed by atoms with Gasteiger partial charge in [-0.2, -0.15) is 15.0 Å². The fourth-order valence-electron chi connectivity index (χ4n) is 1.67. The molecule has 84 valence electrons. The summed E-state index contributed by atoms with van der Waals surface area (Å²) in [6.07, 6.45) is 5.17. The predicted molar refractivity (Wildman–Crippen MR) is 63.5 cm³/mol. The number of hydrogen-bond donors (Lipinski definition) is 2. The third-order valence-corrected chi connectivity index (χ3v) is 2.46. The number of nitrogen functional groups attached to an aromatic ring is 2. The van der Waals surface area contributed by atoms with Crippen LogP contribution in [0.25, 0.3) is 0 Å². The number of nitrogens with zero attached hydrogens (tertiary/aromatic N) is 4. The Hall–Kier alpha value is -2.11. The Morgan fingerprint density at radius 2 is 1.75 bits per heavy atom. The Balaban J connectivity index is 2.34. The molecule has 0 aliphatic heterocycles. The normalized spacial score (nSPS) is 14.6. The van der Waals surface area contributed by atoms with Crippen LogP contribution in [0.3, 0.4) is 0 Å². The van der Waals surface area contributed by atoms with Crippen LogP contribution in [0.15, 0.2) is 23.4 Å². The molecule has 0 saturated heterocycles. The van der Waals surface area contributed by atoms with Gasteiger partial charge in [0.25, 0.3) is 0 Å². The number of rotatable bonds is 2. The van der Waals surface area contributed by atoms with Gasteiger partial charge in [-0.15, -0.1) is 0 Å². The molecule has 0 unspecified atom stereocenters. The van der Waals surface area contributed by atoms with E-state index in [0.717, 1.165) is 12.1 Å². The maximum absolute atomic E-state index is 5.53. The largest absolute Gasteiger partial charge is 0.368 e. The van der Waals surface area contributed by atoms with Gasteiger partial charge in [0.2, 0.25) is 17.8 Å². The molecule has 2 rings (SSSR count). The van der Waals surface area contributed by atoms with Gasteiger partial charge < -0.3 is 16.4 Å². The van der Waals surface area contributed by atoms with Crippen molar-refractivity contribution in [2.75, 3.05) is 23.4 Å². The van der Waals surface area contributed by atoms with Gasteiger partial charge >= 0.3 is 0 Å². The molecule has 0 bridgehead atoms. The van der Waals surface area contributed by atoms with E-state index in [1.807, 2.05) is 18.9 Å². The van der Waals surface area contributed by atoms with E-state index in [1.54, 1.807) is 0 Å². The lowest BCUT2D eigenvalue weighted by molar-refractivity contribution is 0.970. The van der Waals surface area contributed by atoms with Crippen LogP contribution in [-0.4, -0.2) is 22.0 Å². The first-order valence-electron chi connectivity index (χ1n) is 4.96. The molecule has 0 amide bonds. The smallest absolute Gasteiger partial charge is 0.236 e. The Bertz CT molecular complexity index is 456. The molecule has 0 saturated carbocycles. The summed E-state index contributed by atoms with van der Waals surface area (Å²) in [5.41, 5.74) is 13.3. The summed E-state index contributed by atoms with van der Waals surface area (Å²) in [6, 6.07) is 0. The maximum Gasteiger partial charge on any atom is 0.236 e. The Kier molecular flexibility index (Phi) is 2.47. The van der Waals surface area contributed by atoms with Gasteiger partial charge in [0, 0.05) is 12.7 Å². The van der Waals surface area contributed by atoms with Crippen molar-refractivity contribution in [1.82, 2.24) is 15.0 Å². The van der Waals surface area contributed by atoms with Crippen LogP contribution >= 0.6 is 0 Å². The van der Waals surface area contributed by atoms with Crippen LogP contribution in [0, 0.1) is 0 Å². The maximum atomic E-state index is 5.53. The molecule has 0 aromatic carbocycles. The molecule has 6 nitrogen and oxygen atoms in total. The zero-order valence-electron chi connectivity index (χ0n) is 9.31. The van der Waals surface area contributed by atoms with Crippen molar-refractivity contribution in [1.29, 1.82) is 0 Å². The molecule has 6 heteroatoms. The van der Waals surface area contributed by atoms with Gasteiger partial charge in [-0.25, -0.2) is 0 Å². The first-order valence-corrected chi connectivity index (χ1v) is 4.96. The molecule has 0 spiro atoms. The van der Waals surface area contributed by atoms with E-state index in [-0.39, 0.29) is 11.9 Å². The molecule has 1 aliphatic rings. The van der Waals surface area contributed by atoms with Gasteiger partial charge in [0.05, 0.1) is 0 Å². The van der Waals surface area contributed by atoms with E-state index >= 15 is 0 Å². The third kappa shape index (κ3) is 1.81. The summed E-state index contributed by atoms with van der Waals surface area (Å²) in [4.78, 5) is 13.7. The van der Waals surface area contributed by atoms with Crippen molar-refractivity contribution in [3.63, 3.8) is 0 Å².